The molecule has 3 N–H and O–H groups in total. The number of hydrogen-bond acceptors (Lipinski definition) is 5. The van der Waals surface area contributed by atoms with Gasteiger partial charge in [0.1, 0.15) is 18.1 Å². The van der Waals surface area contributed by atoms with Crippen LogP contribution >= 0.6 is 0 Å². The monoisotopic (exact) mass is 280 g/mol. The van der Waals surface area contributed by atoms with Crippen LogP contribution in [0.3, 0.4) is 0 Å². The van der Waals surface area contributed by atoms with Gasteiger partial charge in [0, 0.05) is 11.6 Å². The summed E-state index contributed by atoms with van der Waals surface area (Å²) in [6.07, 6.45) is 2.46. The quantitative estimate of drug-likeness (QED) is 0.371. The second-order valence-corrected chi connectivity index (χ2v) is 4.84. The Bertz CT molecular complexity index is 490. The van der Waals surface area contributed by atoms with E-state index in [9.17, 15) is 0 Å². The summed E-state index contributed by atoms with van der Waals surface area (Å²) >= 11 is 0. The van der Waals surface area contributed by atoms with Gasteiger partial charge in [0.25, 0.3) is 0 Å². The predicted octanol–water partition coefficient (Wildman–Crippen LogP) is 1.74. The minimum Gasteiger partial charge on any atom is -0.497 e. The number of nitrogens with two attached hydrogens (primary N) is 1. The lowest BCUT2D eigenvalue weighted by molar-refractivity contribution is 0.0264. The van der Waals surface area contributed by atoms with Crippen LogP contribution in [0.15, 0.2) is 23.4 Å². The third kappa shape index (κ3) is 3.54. The van der Waals surface area contributed by atoms with Crippen LogP contribution in [-0.4, -0.2) is 37.0 Å². The van der Waals surface area contributed by atoms with Crippen LogP contribution < -0.4 is 15.2 Å². The smallest absolute Gasteiger partial charge is 0.170 e. The number of hydrogen-bond donors (Lipinski definition) is 2. The molecule has 0 bridgehead atoms. The standard InChI is InChI=1S/C14H20N2O4/c1-9-3-4-11(20-9)8-19-13-6-10(14(15)16-17)5-12(7-13)18-2/h5-7,9,11,17H,3-4,8H2,1-2H3,(H2,15,16). The van der Waals surface area contributed by atoms with Gasteiger partial charge >= 0.3 is 0 Å². The molecule has 2 atom stereocenters. The van der Waals surface area contributed by atoms with E-state index in [1.807, 2.05) is 0 Å². The lowest BCUT2D eigenvalue weighted by Gasteiger charge is -2.14. The van der Waals surface area contributed by atoms with Crippen LogP contribution in [0.1, 0.15) is 25.3 Å². The summed E-state index contributed by atoms with van der Waals surface area (Å²) in [5, 5.41) is 11.7. The van der Waals surface area contributed by atoms with Crippen molar-refractivity contribution in [3.05, 3.63) is 23.8 Å². The molecular weight excluding hydrogens is 260 g/mol. The molecule has 6 nitrogen and oxygen atoms in total. The van der Waals surface area contributed by atoms with Crippen molar-refractivity contribution >= 4 is 5.84 Å². The van der Waals surface area contributed by atoms with Crippen molar-refractivity contribution < 1.29 is 19.4 Å². The largest absolute Gasteiger partial charge is 0.497 e. The first kappa shape index (κ1) is 14.5. The molecular formula is C14H20N2O4. The molecule has 2 unspecified atom stereocenters. The second kappa shape index (κ2) is 6.47. The number of rotatable bonds is 5. The fourth-order valence-corrected chi connectivity index (χ4v) is 2.18. The summed E-state index contributed by atoms with van der Waals surface area (Å²) in [4.78, 5) is 0. The molecule has 2 rings (SSSR count). The van der Waals surface area contributed by atoms with Crippen molar-refractivity contribution in [3.63, 3.8) is 0 Å². The predicted molar refractivity (Wildman–Crippen MR) is 74.6 cm³/mol. The molecule has 1 aliphatic rings. The minimum atomic E-state index is 0.0134. The number of oxime groups is 1. The second-order valence-electron chi connectivity index (χ2n) is 4.84. The Morgan fingerprint density at radius 3 is 2.75 bits per heavy atom. The summed E-state index contributed by atoms with van der Waals surface area (Å²) in [5.41, 5.74) is 6.13. The Hall–Kier alpha value is -1.95. The molecule has 1 heterocycles. The molecule has 0 aromatic heterocycles. The highest BCUT2D eigenvalue weighted by Gasteiger charge is 2.22. The van der Waals surface area contributed by atoms with Gasteiger partial charge in [-0.3, -0.25) is 0 Å². The lowest BCUT2D eigenvalue weighted by atomic mass is 10.2. The van der Waals surface area contributed by atoms with E-state index in [0.717, 1.165) is 12.8 Å². The average molecular weight is 280 g/mol. The number of ether oxygens (including phenoxy) is 3. The maximum Gasteiger partial charge on any atom is 0.170 e. The first-order chi connectivity index (χ1) is 9.62. The zero-order valence-electron chi connectivity index (χ0n) is 11.7. The van der Waals surface area contributed by atoms with Crippen LogP contribution in [0.2, 0.25) is 0 Å². The van der Waals surface area contributed by atoms with Crippen LogP contribution in [0.5, 0.6) is 11.5 Å². The number of methoxy groups -OCH3 is 1. The summed E-state index contributed by atoms with van der Waals surface area (Å²) < 4.78 is 16.6. The van der Waals surface area contributed by atoms with Crippen molar-refractivity contribution in [2.45, 2.75) is 32.0 Å². The average Bonchev–Trinajstić information content (AvgIpc) is 2.89. The van der Waals surface area contributed by atoms with E-state index >= 15 is 0 Å². The maximum absolute atomic E-state index is 8.74. The summed E-state index contributed by atoms with van der Waals surface area (Å²) in [6, 6.07) is 5.14. The van der Waals surface area contributed by atoms with Gasteiger partial charge in [-0.25, -0.2) is 0 Å². The first-order valence-electron chi connectivity index (χ1n) is 6.57. The normalized spacial score (nSPS) is 22.8. The highest BCUT2D eigenvalue weighted by Crippen LogP contribution is 2.25. The van der Waals surface area contributed by atoms with Crippen molar-refractivity contribution in [3.8, 4) is 11.5 Å². The highest BCUT2D eigenvalue weighted by atomic mass is 16.5. The topological polar surface area (TPSA) is 86.3 Å². The molecule has 1 fully saturated rings. The van der Waals surface area contributed by atoms with Crippen LogP contribution in [-0.2, 0) is 4.74 Å². The van der Waals surface area contributed by atoms with E-state index in [1.54, 1.807) is 25.3 Å². The molecule has 0 aliphatic carbocycles. The molecule has 110 valence electrons. The zero-order valence-corrected chi connectivity index (χ0v) is 11.7. The van der Waals surface area contributed by atoms with Crippen LogP contribution in [0.4, 0.5) is 0 Å². The van der Waals surface area contributed by atoms with E-state index in [4.69, 9.17) is 25.2 Å². The number of nitrogens with zero attached hydrogens (tertiary/aromatic N) is 1. The van der Waals surface area contributed by atoms with Crippen molar-refractivity contribution in [1.82, 2.24) is 0 Å². The molecule has 0 amide bonds. The SMILES string of the molecule is COc1cc(OCC2CCC(C)O2)cc(/C(N)=N/O)c1. The molecule has 1 saturated heterocycles. The fraction of sp³-hybridized carbons (Fsp3) is 0.500. The molecule has 20 heavy (non-hydrogen) atoms. The number of benzene rings is 1. The third-order valence-corrected chi connectivity index (χ3v) is 3.28. The Labute approximate surface area is 118 Å². The molecule has 6 heteroatoms. The van der Waals surface area contributed by atoms with Gasteiger partial charge in [-0.05, 0) is 31.9 Å². The van der Waals surface area contributed by atoms with Crippen LogP contribution in [0, 0.1) is 0 Å². The minimum absolute atomic E-state index is 0.0134. The van der Waals surface area contributed by atoms with Gasteiger partial charge in [-0.2, -0.15) is 0 Å². The molecule has 0 radical (unpaired) electrons. The van der Waals surface area contributed by atoms with Gasteiger partial charge in [-0.1, -0.05) is 5.16 Å². The Morgan fingerprint density at radius 2 is 2.15 bits per heavy atom. The molecule has 0 spiro atoms. The third-order valence-electron chi connectivity index (χ3n) is 3.28. The summed E-state index contributed by atoms with van der Waals surface area (Å²) in [7, 11) is 1.55. The lowest BCUT2D eigenvalue weighted by Crippen LogP contribution is -2.18. The highest BCUT2D eigenvalue weighted by molar-refractivity contribution is 5.97. The van der Waals surface area contributed by atoms with Crippen molar-refractivity contribution in [1.29, 1.82) is 0 Å². The summed E-state index contributed by atoms with van der Waals surface area (Å²) in [6.45, 7) is 2.54. The Kier molecular flexibility index (Phi) is 4.68. The van der Waals surface area contributed by atoms with Crippen molar-refractivity contribution in [2.75, 3.05) is 13.7 Å². The van der Waals surface area contributed by atoms with E-state index in [0.29, 0.717) is 29.8 Å². The molecule has 1 aromatic carbocycles. The van der Waals surface area contributed by atoms with E-state index in [-0.39, 0.29) is 11.9 Å². The Morgan fingerprint density at radius 1 is 1.40 bits per heavy atom. The maximum atomic E-state index is 8.74. The fourth-order valence-electron chi connectivity index (χ4n) is 2.18. The summed E-state index contributed by atoms with van der Waals surface area (Å²) in [5.74, 6) is 1.21. The van der Waals surface area contributed by atoms with Gasteiger partial charge in [-0.15, -0.1) is 0 Å². The van der Waals surface area contributed by atoms with E-state index in [1.165, 1.54) is 0 Å². The molecule has 0 saturated carbocycles. The van der Waals surface area contributed by atoms with Gasteiger partial charge in [0.15, 0.2) is 5.84 Å². The van der Waals surface area contributed by atoms with Crippen LogP contribution in [0.25, 0.3) is 0 Å². The Balaban J connectivity index is 2.06. The van der Waals surface area contributed by atoms with Gasteiger partial charge in [0.2, 0.25) is 0 Å². The molecule has 1 aromatic rings. The van der Waals surface area contributed by atoms with Crippen molar-refractivity contribution in [2.24, 2.45) is 10.9 Å². The number of amidine groups is 1. The van der Waals surface area contributed by atoms with E-state index in [2.05, 4.69) is 12.1 Å². The van der Waals surface area contributed by atoms with Gasteiger partial charge in [0.05, 0.1) is 19.3 Å². The zero-order chi connectivity index (χ0) is 14.5. The molecule has 1 aliphatic heterocycles. The first-order valence-corrected chi connectivity index (χ1v) is 6.57. The van der Waals surface area contributed by atoms with E-state index < -0.39 is 0 Å². The van der Waals surface area contributed by atoms with Gasteiger partial charge < -0.3 is 25.2 Å².